The number of aromatic nitrogens is 1. The Morgan fingerprint density at radius 1 is 1.40 bits per heavy atom. The first kappa shape index (κ1) is 17.2. The van der Waals surface area contributed by atoms with Crippen LogP contribution in [0.25, 0.3) is 0 Å². The van der Waals surface area contributed by atoms with Crippen LogP contribution in [0.1, 0.15) is 23.9 Å². The third-order valence-electron chi connectivity index (χ3n) is 2.50. The van der Waals surface area contributed by atoms with Crippen molar-refractivity contribution >= 4 is 16.5 Å². The minimum atomic E-state index is -4.23. The number of hydrogen-bond donors (Lipinski definition) is 1. The predicted molar refractivity (Wildman–Crippen MR) is 74.1 cm³/mol. The molecule has 0 aromatic carbocycles. The molecule has 1 N–H and O–H groups in total. The van der Waals surface area contributed by atoms with Crippen molar-refractivity contribution < 1.29 is 17.9 Å². The van der Waals surface area contributed by atoms with E-state index in [1.165, 1.54) is 18.4 Å². The number of halogens is 3. The molecule has 0 saturated heterocycles. The molecule has 116 valence electrons. The lowest BCUT2D eigenvalue weighted by atomic mass is 10.3. The van der Waals surface area contributed by atoms with E-state index in [2.05, 4.69) is 17.2 Å². The SMILES string of the molecule is CCCNCc1sc(N(C)CC(F)(F)F)nc1COC. The van der Waals surface area contributed by atoms with Crippen LogP contribution in [0.2, 0.25) is 0 Å². The van der Waals surface area contributed by atoms with Crippen LogP contribution in [-0.2, 0) is 17.9 Å². The van der Waals surface area contributed by atoms with E-state index in [1.54, 1.807) is 7.11 Å². The fraction of sp³-hybridized carbons (Fsp3) is 0.750. The average Bonchev–Trinajstić information content (AvgIpc) is 2.72. The van der Waals surface area contributed by atoms with Crippen molar-refractivity contribution in [3.05, 3.63) is 10.6 Å². The van der Waals surface area contributed by atoms with Crippen molar-refractivity contribution in [2.75, 3.05) is 32.1 Å². The number of nitrogens with zero attached hydrogens (tertiary/aromatic N) is 2. The summed E-state index contributed by atoms with van der Waals surface area (Å²) in [5.74, 6) is 0. The summed E-state index contributed by atoms with van der Waals surface area (Å²) >= 11 is 1.27. The highest BCUT2D eigenvalue weighted by molar-refractivity contribution is 7.15. The van der Waals surface area contributed by atoms with Crippen molar-refractivity contribution in [1.29, 1.82) is 0 Å². The largest absolute Gasteiger partial charge is 0.405 e. The van der Waals surface area contributed by atoms with Gasteiger partial charge in [-0.15, -0.1) is 11.3 Å². The molecule has 0 spiro atoms. The predicted octanol–water partition coefficient (Wildman–Crippen LogP) is 2.79. The Morgan fingerprint density at radius 2 is 2.10 bits per heavy atom. The first-order valence-corrected chi connectivity index (χ1v) is 7.15. The van der Waals surface area contributed by atoms with Crippen molar-refractivity contribution in [3.8, 4) is 0 Å². The smallest absolute Gasteiger partial charge is 0.378 e. The van der Waals surface area contributed by atoms with Gasteiger partial charge in [0, 0.05) is 25.6 Å². The molecule has 1 aromatic heterocycles. The Kier molecular flexibility index (Phi) is 6.70. The minimum absolute atomic E-state index is 0.305. The second-order valence-electron chi connectivity index (χ2n) is 4.45. The normalized spacial score (nSPS) is 11.9. The molecule has 4 nitrogen and oxygen atoms in total. The van der Waals surface area contributed by atoms with E-state index in [9.17, 15) is 13.2 Å². The van der Waals surface area contributed by atoms with Crippen LogP contribution in [-0.4, -0.2) is 38.4 Å². The van der Waals surface area contributed by atoms with Crippen LogP contribution in [0.3, 0.4) is 0 Å². The van der Waals surface area contributed by atoms with Crippen LogP contribution in [0.5, 0.6) is 0 Å². The van der Waals surface area contributed by atoms with E-state index in [4.69, 9.17) is 4.74 Å². The Hall–Kier alpha value is -0.860. The number of rotatable bonds is 8. The van der Waals surface area contributed by atoms with Gasteiger partial charge in [-0.3, -0.25) is 0 Å². The topological polar surface area (TPSA) is 37.4 Å². The summed E-state index contributed by atoms with van der Waals surface area (Å²) < 4.78 is 42.2. The number of anilines is 1. The molecule has 1 heterocycles. The van der Waals surface area contributed by atoms with E-state index in [-0.39, 0.29) is 0 Å². The maximum Gasteiger partial charge on any atom is 0.405 e. The van der Waals surface area contributed by atoms with Crippen LogP contribution >= 0.6 is 11.3 Å². The molecular formula is C12H20F3N3OS. The molecule has 8 heteroatoms. The lowest BCUT2D eigenvalue weighted by Gasteiger charge is -2.17. The van der Waals surface area contributed by atoms with Crippen molar-refractivity contribution in [3.63, 3.8) is 0 Å². The van der Waals surface area contributed by atoms with Gasteiger partial charge in [0.25, 0.3) is 0 Å². The molecule has 1 rings (SSSR count). The molecule has 0 unspecified atom stereocenters. The zero-order valence-electron chi connectivity index (χ0n) is 11.9. The second-order valence-corrected chi connectivity index (χ2v) is 5.51. The molecule has 0 bridgehead atoms. The number of thiazole rings is 1. The van der Waals surface area contributed by atoms with Crippen LogP contribution < -0.4 is 10.2 Å². The summed E-state index contributed by atoms with van der Waals surface area (Å²) in [7, 11) is 2.94. The number of nitrogens with one attached hydrogen (secondary N) is 1. The molecule has 0 aliphatic heterocycles. The summed E-state index contributed by atoms with van der Waals surface area (Å²) in [5, 5.41) is 3.59. The molecule has 20 heavy (non-hydrogen) atoms. The Morgan fingerprint density at radius 3 is 2.65 bits per heavy atom. The molecule has 0 amide bonds. The van der Waals surface area contributed by atoms with E-state index >= 15 is 0 Å². The number of hydrogen-bond acceptors (Lipinski definition) is 5. The van der Waals surface area contributed by atoms with Gasteiger partial charge in [-0.1, -0.05) is 6.92 Å². The Labute approximate surface area is 120 Å². The number of ether oxygens (including phenoxy) is 1. The standard InChI is InChI=1S/C12H20F3N3OS/c1-4-5-16-6-10-9(7-19-3)17-11(20-10)18(2)8-12(13,14)15/h16H,4-8H2,1-3H3. The van der Waals surface area contributed by atoms with E-state index in [0.717, 1.165) is 22.7 Å². The van der Waals surface area contributed by atoms with Gasteiger partial charge < -0.3 is 15.0 Å². The lowest BCUT2D eigenvalue weighted by Crippen LogP contribution is -2.30. The minimum Gasteiger partial charge on any atom is -0.378 e. The zero-order chi connectivity index (χ0) is 15.2. The van der Waals surface area contributed by atoms with Crippen LogP contribution in [0.15, 0.2) is 0 Å². The molecule has 0 fully saturated rings. The molecule has 0 saturated carbocycles. The lowest BCUT2D eigenvalue weighted by molar-refractivity contribution is -0.119. The van der Waals surface area contributed by atoms with Gasteiger partial charge >= 0.3 is 6.18 Å². The maximum absolute atomic E-state index is 12.4. The molecule has 0 radical (unpaired) electrons. The van der Waals surface area contributed by atoms with Gasteiger partial charge in [-0.2, -0.15) is 13.2 Å². The van der Waals surface area contributed by atoms with Gasteiger partial charge in [0.15, 0.2) is 5.13 Å². The van der Waals surface area contributed by atoms with Gasteiger partial charge in [0.05, 0.1) is 12.3 Å². The average molecular weight is 311 g/mol. The summed E-state index contributed by atoms with van der Waals surface area (Å²) in [6.07, 6.45) is -3.23. The Bertz CT molecular complexity index is 409. The maximum atomic E-state index is 12.4. The molecule has 0 aliphatic carbocycles. The van der Waals surface area contributed by atoms with E-state index in [0.29, 0.717) is 24.0 Å². The fourth-order valence-electron chi connectivity index (χ4n) is 1.64. The molecule has 0 atom stereocenters. The van der Waals surface area contributed by atoms with Crippen LogP contribution in [0.4, 0.5) is 18.3 Å². The van der Waals surface area contributed by atoms with Crippen molar-refractivity contribution in [2.24, 2.45) is 0 Å². The summed E-state index contributed by atoms with van der Waals surface area (Å²) in [6, 6.07) is 0. The highest BCUT2D eigenvalue weighted by Gasteiger charge is 2.30. The Balaban J connectivity index is 2.79. The molecule has 0 aliphatic rings. The summed E-state index contributed by atoms with van der Waals surface area (Å²) in [5.41, 5.74) is 0.699. The molecule has 1 aromatic rings. The zero-order valence-corrected chi connectivity index (χ0v) is 12.7. The van der Waals surface area contributed by atoms with Crippen molar-refractivity contribution in [2.45, 2.75) is 32.7 Å². The van der Waals surface area contributed by atoms with Gasteiger partial charge in [-0.05, 0) is 13.0 Å². The van der Waals surface area contributed by atoms with E-state index < -0.39 is 12.7 Å². The van der Waals surface area contributed by atoms with E-state index in [1.807, 2.05) is 0 Å². The summed E-state index contributed by atoms with van der Waals surface area (Å²) in [4.78, 5) is 6.28. The fourth-order valence-corrected chi connectivity index (χ4v) is 2.63. The quantitative estimate of drug-likeness (QED) is 0.749. The third kappa shape index (κ3) is 5.64. The first-order valence-electron chi connectivity index (χ1n) is 6.33. The van der Waals surface area contributed by atoms with Gasteiger partial charge in [0.2, 0.25) is 0 Å². The van der Waals surface area contributed by atoms with Gasteiger partial charge in [-0.25, -0.2) is 4.98 Å². The molecular weight excluding hydrogens is 291 g/mol. The third-order valence-corrected chi connectivity index (χ3v) is 3.72. The monoisotopic (exact) mass is 311 g/mol. The highest BCUT2D eigenvalue weighted by atomic mass is 32.1. The van der Waals surface area contributed by atoms with Gasteiger partial charge in [0.1, 0.15) is 6.54 Å². The number of methoxy groups -OCH3 is 1. The van der Waals surface area contributed by atoms with Crippen LogP contribution in [0, 0.1) is 0 Å². The summed E-state index contributed by atoms with van der Waals surface area (Å²) in [6.45, 7) is 2.81. The first-order chi connectivity index (χ1) is 9.37. The highest BCUT2D eigenvalue weighted by Crippen LogP contribution is 2.28. The number of alkyl halides is 3. The second kappa shape index (κ2) is 7.80. The van der Waals surface area contributed by atoms with Crippen molar-refractivity contribution in [1.82, 2.24) is 10.3 Å².